The van der Waals surface area contributed by atoms with Crippen molar-refractivity contribution in [1.82, 2.24) is 5.32 Å². The molecule has 2 aliphatic rings. The van der Waals surface area contributed by atoms with Crippen molar-refractivity contribution in [3.63, 3.8) is 0 Å². The van der Waals surface area contributed by atoms with E-state index >= 15 is 0 Å². The predicted molar refractivity (Wildman–Crippen MR) is 118 cm³/mol. The van der Waals surface area contributed by atoms with Gasteiger partial charge in [-0.05, 0) is 44.2 Å². The molecule has 1 unspecified atom stereocenters. The Labute approximate surface area is 184 Å². The van der Waals surface area contributed by atoms with Crippen molar-refractivity contribution in [3.8, 4) is 5.75 Å². The fourth-order valence-electron chi connectivity index (χ4n) is 3.81. The highest BCUT2D eigenvalue weighted by Crippen LogP contribution is 2.33. The number of aliphatic hydroxyl groups is 2. The third-order valence-corrected chi connectivity index (χ3v) is 5.73. The zero-order valence-electron chi connectivity index (χ0n) is 17.9. The fraction of sp³-hybridized carbons (Fsp3) is 0.520. The zero-order chi connectivity index (χ0) is 22.1. The maximum absolute atomic E-state index is 12.3. The second-order valence-electron chi connectivity index (χ2n) is 8.44. The van der Waals surface area contributed by atoms with E-state index in [1.54, 1.807) is 12.2 Å². The molecular weight excluding hydrogens is 394 g/mol. The summed E-state index contributed by atoms with van der Waals surface area (Å²) in [6, 6.07) is 9.64. The second-order valence-corrected chi connectivity index (χ2v) is 8.44. The van der Waals surface area contributed by atoms with Crippen molar-refractivity contribution in [1.29, 1.82) is 0 Å². The summed E-state index contributed by atoms with van der Waals surface area (Å²) in [6.07, 6.45) is 10.8. The summed E-state index contributed by atoms with van der Waals surface area (Å²) in [5.41, 5.74) is 0. The van der Waals surface area contributed by atoms with Gasteiger partial charge >= 0.3 is 0 Å². The minimum Gasteiger partial charge on any atom is -0.491 e. The van der Waals surface area contributed by atoms with Crippen LogP contribution in [0.2, 0.25) is 0 Å². The van der Waals surface area contributed by atoms with Crippen LogP contribution in [-0.4, -0.2) is 46.8 Å². The molecule has 0 aliphatic heterocycles. The largest absolute Gasteiger partial charge is 0.491 e. The van der Waals surface area contributed by atoms with E-state index in [0.29, 0.717) is 24.6 Å². The number of nitrogens with one attached hydrogen (secondary N) is 1. The lowest BCUT2D eigenvalue weighted by Crippen LogP contribution is -2.24. The average Bonchev–Trinajstić information content (AvgIpc) is 3.52. The maximum atomic E-state index is 12.3. The molecule has 0 aromatic heterocycles. The number of ketones is 1. The van der Waals surface area contributed by atoms with Crippen LogP contribution >= 0.6 is 0 Å². The number of hydrogen-bond acceptors (Lipinski definition) is 5. The molecular formula is C25H33NO5. The molecule has 2 fully saturated rings. The number of rotatable bonds is 12. The quantitative estimate of drug-likeness (QED) is 0.352. The molecule has 0 radical (unpaired) electrons. The highest BCUT2D eigenvalue weighted by molar-refractivity contribution is 5.86. The minimum atomic E-state index is -0.830. The van der Waals surface area contributed by atoms with Crippen LogP contribution in [-0.2, 0) is 9.59 Å². The third kappa shape index (κ3) is 7.96. The van der Waals surface area contributed by atoms with Gasteiger partial charge in [-0.25, -0.2) is 0 Å². The maximum Gasteiger partial charge on any atom is 0.220 e. The van der Waals surface area contributed by atoms with Crippen LogP contribution in [0.3, 0.4) is 0 Å². The normalized spacial score (nSPS) is 24.7. The van der Waals surface area contributed by atoms with Crippen LogP contribution in [0.5, 0.6) is 5.75 Å². The van der Waals surface area contributed by atoms with Gasteiger partial charge in [0.2, 0.25) is 5.91 Å². The van der Waals surface area contributed by atoms with Gasteiger partial charge < -0.3 is 20.3 Å². The zero-order valence-corrected chi connectivity index (χ0v) is 17.9. The number of benzene rings is 1. The first-order chi connectivity index (χ1) is 15.0. The molecule has 6 nitrogen and oxygen atoms in total. The van der Waals surface area contributed by atoms with E-state index in [1.165, 1.54) is 0 Å². The van der Waals surface area contributed by atoms with Gasteiger partial charge in [0.1, 0.15) is 24.2 Å². The summed E-state index contributed by atoms with van der Waals surface area (Å²) in [4.78, 5) is 24.0. The summed E-state index contributed by atoms with van der Waals surface area (Å²) in [5.74, 6) is 0.189. The molecule has 4 atom stereocenters. The molecule has 6 heteroatoms. The molecule has 0 heterocycles. The fourth-order valence-corrected chi connectivity index (χ4v) is 3.81. The van der Waals surface area contributed by atoms with Crippen LogP contribution < -0.4 is 10.1 Å². The number of carbonyl (C=O) groups is 2. The summed E-state index contributed by atoms with van der Waals surface area (Å²) >= 11 is 0. The van der Waals surface area contributed by atoms with E-state index in [1.807, 2.05) is 42.5 Å². The summed E-state index contributed by atoms with van der Waals surface area (Å²) in [7, 11) is 0. The molecule has 1 amide bonds. The number of para-hydroxylation sites is 1. The van der Waals surface area contributed by atoms with Crippen molar-refractivity contribution in [2.24, 2.45) is 11.8 Å². The van der Waals surface area contributed by atoms with Gasteiger partial charge in [-0.3, -0.25) is 9.59 Å². The Kier molecular flexibility index (Phi) is 8.85. The van der Waals surface area contributed by atoms with Crippen LogP contribution in [0.15, 0.2) is 54.6 Å². The first kappa shape index (κ1) is 23.2. The van der Waals surface area contributed by atoms with Crippen LogP contribution in [0.4, 0.5) is 0 Å². The summed E-state index contributed by atoms with van der Waals surface area (Å²) < 4.78 is 5.53. The van der Waals surface area contributed by atoms with Gasteiger partial charge in [-0.2, -0.15) is 0 Å². The number of allylic oxidation sites excluding steroid dienone is 3. The van der Waals surface area contributed by atoms with Crippen molar-refractivity contribution in [3.05, 3.63) is 54.6 Å². The van der Waals surface area contributed by atoms with Gasteiger partial charge in [0.15, 0.2) is 0 Å². The Morgan fingerprint density at radius 2 is 2.00 bits per heavy atom. The van der Waals surface area contributed by atoms with Crippen molar-refractivity contribution >= 4 is 11.7 Å². The second kappa shape index (κ2) is 11.8. The Bertz CT molecular complexity index is 771. The van der Waals surface area contributed by atoms with Crippen molar-refractivity contribution in [2.75, 3.05) is 6.61 Å². The predicted octanol–water partition coefficient (Wildman–Crippen LogP) is 2.94. The molecule has 0 saturated heterocycles. The van der Waals surface area contributed by atoms with Crippen LogP contribution in [0, 0.1) is 11.8 Å². The molecule has 1 aromatic carbocycles. The first-order valence-corrected chi connectivity index (χ1v) is 11.2. The Morgan fingerprint density at radius 3 is 2.74 bits per heavy atom. The number of aliphatic hydroxyl groups excluding tert-OH is 2. The van der Waals surface area contributed by atoms with Gasteiger partial charge in [-0.1, -0.05) is 42.5 Å². The van der Waals surface area contributed by atoms with Gasteiger partial charge in [0, 0.05) is 30.7 Å². The Balaban J connectivity index is 1.40. The van der Waals surface area contributed by atoms with Crippen molar-refractivity contribution < 1.29 is 24.5 Å². The van der Waals surface area contributed by atoms with Gasteiger partial charge in [-0.15, -0.1) is 0 Å². The number of ether oxygens (including phenoxy) is 1. The smallest absolute Gasteiger partial charge is 0.220 e. The molecule has 31 heavy (non-hydrogen) atoms. The number of Topliss-reactive ketones (excluding diaryl/α,β-unsaturated/α-hetero) is 1. The average molecular weight is 428 g/mol. The Hall–Kier alpha value is -2.44. The lowest BCUT2D eigenvalue weighted by atomic mass is 9.90. The summed E-state index contributed by atoms with van der Waals surface area (Å²) in [5, 5.41) is 23.4. The third-order valence-electron chi connectivity index (χ3n) is 5.73. The van der Waals surface area contributed by atoms with E-state index in [4.69, 9.17) is 4.74 Å². The molecule has 0 spiro atoms. The van der Waals surface area contributed by atoms with E-state index in [-0.39, 0.29) is 30.6 Å². The highest BCUT2D eigenvalue weighted by Gasteiger charge is 2.39. The monoisotopic (exact) mass is 427 g/mol. The standard InChI is InChI=1S/C25H33NO5/c27-19(17-31-20-8-4-3-5-9-20)14-15-22-21(23(28)16-24(22)29)10-6-1-2-7-11-25(30)26-18-12-13-18/h1,3-6,8-9,14-15,18-19,21-23,27-28H,2,7,10-13,16-17H2,(H,26,30)/b6-1-,15-14+/t19-,21?,22-,23+/m1/s1. The molecule has 0 bridgehead atoms. The SMILES string of the molecule is O=C(CCC/C=C\CC1[C@@H](O)CC(=O)[C@@H]1/C=C/[C@@H](O)COc1ccccc1)NC1CC1. The highest BCUT2D eigenvalue weighted by atomic mass is 16.5. The summed E-state index contributed by atoms with van der Waals surface area (Å²) in [6.45, 7) is 0.100. The molecule has 3 rings (SSSR count). The molecule has 2 saturated carbocycles. The van der Waals surface area contributed by atoms with Crippen LogP contribution in [0.25, 0.3) is 0 Å². The number of amides is 1. The van der Waals surface area contributed by atoms with Gasteiger partial charge in [0.25, 0.3) is 0 Å². The number of carbonyl (C=O) groups excluding carboxylic acids is 2. The van der Waals surface area contributed by atoms with E-state index < -0.39 is 18.1 Å². The molecule has 2 aliphatic carbocycles. The minimum absolute atomic E-state index is 0.00456. The topological polar surface area (TPSA) is 95.9 Å². The lowest BCUT2D eigenvalue weighted by molar-refractivity contribution is -0.121. The number of unbranched alkanes of at least 4 members (excludes halogenated alkanes) is 1. The van der Waals surface area contributed by atoms with Gasteiger partial charge in [0.05, 0.1) is 6.10 Å². The van der Waals surface area contributed by atoms with Crippen molar-refractivity contribution in [2.45, 2.75) is 63.2 Å². The molecule has 3 N–H and O–H groups in total. The van der Waals surface area contributed by atoms with E-state index in [9.17, 15) is 19.8 Å². The molecule has 168 valence electrons. The molecule has 1 aromatic rings. The first-order valence-electron chi connectivity index (χ1n) is 11.2. The Morgan fingerprint density at radius 1 is 1.23 bits per heavy atom. The number of hydrogen-bond donors (Lipinski definition) is 3. The van der Waals surface area contributed by atoms with E-state index in [0.717, 1.165) is 25.7 Å². The van der Waals surface area contributed by atoms with Crippen LogP contribution in [0.1, 0.15) is 44.9 Å². The lowest BCUT2D eigenvalue weighted by Gasteiger charge is -2.17. The van der Waals surface area contributed by atoms with E-state index in [2.05, 4.69) is 5.32 Å².